The van der Waals surface area contributed by atoms with E-state index in [0.717, 1.165) is 38.4 Å². The number of nitrogens with zero attached hydrogens (tertiary/aromatic N) is 1. The van der Waals surface area contributed by atoms with Crippen LogP contribution in [0.25, 0.3) is 0 Å². The largest absolute Gasteiger partial charge is 0.504 e. The van der Waals surface area contributed by atoms with Crippen LogP contribution < -0.4 is 19.5 Å². The first kappa shape index (κ1) is 20.8. The van der Waals surface area contributed by atoms with Crippen LogP contribution in [0.1, 0.15) is 42.2 Å². The SMILES string of the molecule is CCOc1cccc(C2CC(c3ccc4c(c3)OCO4)=NC(c3ccc(Br)cc3)N2)c1O. The van der Waals surface area contributed by atoms with Gasteiger partial charge in [-0.05, 0) is 54.4 Å². The van der Waals surface area contributed by atoms with Crippen molar-refractivity contribution in [1.82, 2.24) is 5.32 Å². The first-order chi connectivity index (χ1) is 15.6. The van der Waals surface area contributed by atoms with Gasteiger partial charge in [0.15, 0.2) is 23.0 Å². The molecule has 32 heavy (non-hydrogen) atoms. The highest BCUT2D eigenvalue weighted by Gasteiger charge is 2.29. The molecule has 0 fully saturated rings. The molecule has 164 valence electrons. The van der Waals surface area contributed by atoms with Gasteiger partial charge in [-0.25, -0.2) is 0 Å². The highest BCUT2D eigenvalue weighted by molar-refractivity contribution is 9.10. The van der Waals surface area contributed by atoms with Crippen LogP contribution in [0.5, 0.6) is 23.0 Å². The standard InChI is InChI=1S/C25H23BrN2O4/c1-2-30-22-5-3-4-18(24(22)29)20-13-19(16-8-11-21-23(12-16)32-14-31-21)27-25(28-20)15-6-9-17(26)10-7-15/h3-12,20,25,28-29H,2,13-14H2,1H3. The van der Waals surface area contributed by atoms with E-state index in [2.05, 4.69) is 21.2 Å². The summed E-state index contributed by atoms with van der Waals surface area (Å²) < 4.78 is 17.7. The lowest BCUT2D eigenvalue weighted by atomic mass is 9.93. The second kappa shape index (κ2) is 8.84. The van der Waals surface area contributed by atoms with Crippen molar-refractivity contribution in [2.45, 2.75) is 25.6 Å². The lowest BCUT2D eigenvalue weighted by Gasteiger charge is -2.31. The van der Waals surface area contributed by atoms with Crippen LogP contribution in [-0.4, -0.2) is 24.2 Å². The average Bonchev–Trinajstić information content (AvgIpc) is 3.29. The minimum Gasteiger partial charge on any atom is -0.504 e. The molecular weight excluding hydrogens is 472 g/mol. The molecule has 2 unspecified atom stereocenters. The molecule has 3 aromatic rings. The molecule has 2 atom stereocenters. The summed E-state index contributed by atoms with van der Waals surface area (Å²) in [6.07, 6.45) is 0.341. The molecule has 2 aliphatic heterocycles. The van der Waals surface area contributed by atoms with Crippen LogP contribution in [0.15, 0.2) is 70.1 Å². The molecule has 0 radical (unpaired) electrons. The van der Waals surface area contributed by atoms with Crippen molar-refractivity contribution >= 4 is 21.6 Å². The van der Waals surface area contributed by atoms with Crippen molar-refractivity contribution in [3.8, 4) is 23.0 Å². The predicted octanol–water partition coefficient (Wildman–Crippen LogP) is 5.50. The number of fused-ring (bicyclic) bond motifs is 1. The molecule has 7 heteroatoms. The zero-order chi connectivity index (χ0) is 22.1. The Balaban J connectivity index is 1.55. The molecule has 2 heterocycles. The molecule has 0 amide bonds. The van der Waals surface area contributed by atoms with Gasteiger partial charge in [0, 0.05) is 28.2 Å². The number of halogens is 1. The topological polar surface area (TPSA) is 72.3 Å². The van der Waals surface area contributed by atoms with Crippen molar-refractivity contribution in [3.63, 3.8) is 0 Å². The molecule has 6 nitrogen and oxygen atoms in total. The van der Waals surface area contributed by atoms with E-state index in [4.69, 9.17) is 19.2 Å². The summed E-state index contributed by atoms with van der Waals surface area (Å²) in [4.78, 5) is 5.02. The highest BCUT2D eigenvalue weighted by Crippen LogP contribution is 2.40. The number of hydrogen-bond acceptors (Lipinski definition) is 6. The second-order valence-corrected chi connectivity index (χ2v) is 8.56. The zero-order valence-electron chi connectivity index (χ0n) is 17.5. The third-order valence-corrected chi connectivity index (χ3v) is 6.17. The van der Waals surface area contributed by atoms with E-state index >= 15 is 0 Å². The average molecular weight is 495 g/mol. The van der Waals surface area contributed by atoms with Gasteiger partial charge in [0.2, 0.25) is 6.79 Å². The van der Waals surface area contributed by atoms with Gasteiger partial charge >= 0.3 is 0 Å². The van der Waals surface area contributed by atoms with Crippen LogP contribution in [0, 0.1) is 0 Å². The summed E-state index contributed by atoms with van der Waals surface area (Å²) in [6.45, 7) is 2.62. The van der Waals surface area contributed by atoms with E-state index < -0.39 is 0 Å². The van der Waals surface area contributed by atoms with Crippen LogP contribution in [0.4, 0.5) is 0 Å². The van der Waals surface area contributed by atoms with Gasteiger partial charge in [0.05, 0.1) is 6.61 Å². The Morgan fingerprint density at radius 2 is 1.91 bits per heavy atom. The fourth-order valence-electron chi connectivity index (χ4n) is 4.07. The maximum absolute atomic E-state index is 10.9. The summed E-state index contributed by atoms with van der Waals surface area (Å²) in [5.74, 6) is 2.11. The molecule has 2 aliphatic rings. The monoisotopic (exact) mass is 494 g/mol. The van der Waals surface area contributed by atoms with E-state index in [0.29, 0.717) is 18.8 Å². The number of nitrogens with one attached hydrogen (secondary N) is 1. The number of aromatic hydroxyl groups is 1. The fourth-order valence-corrected chi connectivity index (χ4v) is 4.33. The quantitative estimate of drug-likeness (QED) is 0.489. The molecule has 0 aromatic heterocycles. The molecule has 0 bridgehead atoms. The third kappa shape index (κ3) is 4.06. The van der Waals surface area contributed by atoms with Crippen LogP contribution in [0.2, 0.25) is 0 Å². The number of rotatable bonds is 5. The molecule has 0 saturated heterocycles. The second-order valence-electron chi connectivity index (χ2n) is 7.65. The molecule has 0 spiro atoms. The number of hydrogen-bond donors (Lipinski definition) is 2. The molecule has 5 rings (SSSR count). The molecule has 2 N–H and O–H groups in total. The van der Waals surface area contributed by atoms with Gasteiger partial charge in [-0.2, -0.15) is 0 Å². The van der Waals surface area contributed by atoms with Gasteiger partial charge in [-0.1, -0.05) is 40.2 Å². The number of phenols is 1. The summed E-state index contributed by atoms with van der Waals surface area (Å²) >= 11 is 3.50. The number of ether oxygens (including phenoxy) is 3. The van der Waals surface area contributed by atoms with E-state index in [1.54, 1.807) is 6.07 Å². The van der Waals surface area contributed by atoms with Gasteiger partial charge in [0.25, 0.3) is 0 Å². The van der Waals surface area contributed by atoms with Crippen molar-refractivity contribution in [2.75, 3.05) is 13.4 Å². The summed E-state index contributed by atoms with van der Waals surface area (Å²) in [7, 11) is 0. The van der Waals surface area contributed by atoms with E-state index in [1.165, 1.54) is 0 Å². The number of aliphatic imine (C=N–C) groups is 1. The van der Waals surface area contributed by atoms with E-state index in [9.17, 15) is 5.11 Å². The van der Waals surface area contributed by atoms with Crippen molar-refractivity contribution in [3.05, 3.63) is 81.8 Å². The van der Waals surface area contributed by atoms with Crippen LogP contribution >= 0.6 is 15.9 Å². The van der Waals surface area contributed by atoms with Crippen molar-refractivity contribution in [1.29, 1.82) is 0 Å². The Hall–Kier alpha value is -3.03. The lowest BCUT2D eigenvalue weighted by molar-refractivity contribution is 0.174. The summed E-state index contributed by atoms with van der Waals surface area (Å²) in [5, 5.41) is 14.5. The fraction of sp³-hybridized carbons (Fsp3) is 0.240. The van der Waals surface area contributed by atoms with Gasteiger partial charge in [-0.3, -0.25) is 10.3 Å². The molecule has 3 aromatic carbocycles. The number of para-hydroxylation sites is 1. The maximum atomic E-state index is 10.9. The number of benzene rings is 3. The van der Waals surface area contributed by atoms with Gasteiger partial charge < -0.3 is 19.3 Å². The Morgan fingerprint density at radius 1 is 1.09 bits per heavy atom. The number of phenolic OH excluding ortho intramolecular Hbond substituents is 1. The van der Waals surface area contributed by atoms with E-state index in [1.807, 2.05) is 61.5 Å². The first-order valence-electron chi connectivity index (χ1n) is 10.5. The van der Waals surface area contributed by atoms with Crippen LogP contribution in [-0.2, 0) is 0 Å². The van der Waals surface area contributed by atoms with E-state index in [-0.39, 0.29) is 24.8 Å². The van der Waals surface area contributed by atoms with Gasteiger partial charge in [-0.15, -0.1) is 0 Å². The smallest absolute Gasteiger partial charge is 0.231 e. The zero-order valence-corrected chi connectivity index (χ0v) is 19.1. The Bertz CT molecular complexity index is 1160. The minimum atomic E-state index is -0.266. The maximum Gasteiger partial charge on any atom is 0.231 e. The lowest BCUT2D eigenvalue weighted by Crippen LogP contribution is -2.33. The molecule has 0 aliphatic carbocycles. The normalized spacial score (nSPS) is 19.5. The van der Waals surface area contributed by atoms with Crippen molar-refractivity contribution < 1.29 is 19.3 Å². The molecule has 0 saturated carbocycles. The Kier molecular flexibility index (Phi) is 5.76. The Labute approximate surface area is 195 Å². The van der Waals surface area contributed by atoms with Crippen molar-refractivity contribution in [2.24, 2.45) is 4.99 Å². The third-order valence-electron chi connectivity index (χ3n) is 5.64. The highest BCUT2D eigenvalue weighted by atomic mass is 79.9. The van der Waals surface area contributed by atoms with Gasteiger partial charge in [0.1, 0.15) is 6.17 Å². The molecular formula is C25H23BrN2O4. The summed E-state index contributed by atoms with van der Waals surface area (Å²) in [5.41, 5.74) is 3.73. The Morgan fingerprint density at radius 3 is 2.72 bits per heavy atom. The predicted molar refractivity (Wildman–Crippen MR) is 126 cm³/mol. The first-order valence-corrected chi connectivity index (χ1v) is 11.3. The minimum absolute atomic E-state index is 0.151. The van der Waals surface area contributed by atoms with Crippen LogP contribution in [0.3, 0.4) is 0 Å². The summed E-state index contributed by atoms with van der Waals surface area (Å²) in [6, 6.07) is 19.4.